The molecule has 0 fully saturated rings. The van der Waals surface area contributed by atoms with Gasteiger partial charge in [-0.05, 0) is 24.6 Å². The third kappa shape index (κ3) is 14.5. The molecule has 0 saturated carbocycles. The molecular formula is C24H30O8S4. The van der Waals surface area contributed by atoms with Crippen LogP contribution in [0, 0.1) is 0 Å². The molecule has 2 unspecified atom stereocenters. The fourth-order valence-electron chi connectivity index (χ4n) is 2.38. The summed E-state index contributed by atoms with van der Waals surface area (Å²) in [6, 6.07) is 6.76. The lowest BCUT2D eigenvalue weighted by atomic mass is 10.3. The monoisotopic (exact) mass is 574 g/mol. The predicted molar refractivity (Wildman–Crippen MR) is 149 cm³/mol. The SMILES string of the molecule is C=CC(=O)OC(COc1cccc(OCC(CSC(=O)CSC)OC(=O)C=C)c1)CSC(=O)CSC. The quantitative estimate of drug-likeness (QED) is 0.188. The van der Waals surface area contributed by atoms with Crippen molar-refractivity contribution in [2.24, 2.45) is 0 Å². The van der Waals surface area contributed by atoms with Crippen molar-refractivity contribution in [1.82, 2.24) is 0 Å². The fourth-order valence-corrected chi connectivity index (χ4v) is 5.30. The van der Waals surface area contributed by atoms with Crippen molar-refractivity contribution in [1.29, 1.82) is 0 Å². The van der Waals surface area contributed by atoms with Gasteiger partial charge in [-0.15, -0.1) is 0 Å². The molecule has 0 aliphatic heterocycles. The number of hydrogen-bond acceptors (Lipinski definition) is 12. The van der Waals surface area contributed by atoms with Crippen LogP contribution in [0.4, 0.5) is 0 Å². The maximum Gasteiger partial charge on any atom is 0.330 e. The number of thioether (sulfide) groups is 4. The van der Waals surface area contributed by atoms with E-state index in [0.717, 1.165) is 35.7 Å². The molecule has 0 aliphatic carbocycles. The molecule has 8 nitrogen and oxygen atoms in total. The zero-order chi connectivity index (χ0) is 26.8. The lowest BCUT2D eigenvalue weighted by Gasteiger charge is -2.19. The first kappa shape index (κ1) is 32.0. The Labute approximate surface area is 228 Å². The minimum absolute atomic E-state index is 0.0161. The molecule has 2 atom stereocenters. The summed E-state index contributed by atoms with van der Waals surface area (Å²) in [5, 5.41) is -0.0323. The van der Waals surface area contributed by atoms with Crippen molar-refractivity contribution in [3.63, 3.8) is 0 Å². The highest BCUT2D eigenvalue weighted by molar-refractivity contribution is 8.16. The van der Waals surface area contributed by atoms with E-state index in [1.165, 1.54) is 23.5 Å². The Balaban J connectivity index is 2.72. The number of carbonyl (C=O) groups is 4. The molecule has 0 saturated heterocycles. The first-order chi connectivity index (χ1) is 17.3. The molecule has 198 valence electrons. The molecule has 0 N–H and O–H groups in total. The molecule has 36 heavy (non-hydrogen) atoms. The van der Waals surface area contributed by atoms with E-state index in [1.54, 1.807) is 24.3 Å². The van der Waals surface area contributed by atoms with Gasteiger partial charge in [0.05, 0.1) is 11.5 Å². The second kappa shape index (κ2) is 19.1. The van der Waals surface area contributed by atoms with E-state index in [1.807, 2.05) is 12.5 Å². The maximum absolute atomic E-state index is 11.8. The Bertz CT molecular complexity index is 825. The summed E-state index contributed by atoms with van der Waals surface area (Å²) in [5.74, 6) is 0.922. The normalized spacial score (nSPS) is 12.1. The van der Waals surface area contributed by atoms with Gasteiger partial charge in [-0.2, -0.15) is 23.5 Å². The molecule has 1 aromatic rings. The third-order valence-electron chi connectivity index (χ3n) is 3.96. The average Bonchev–Trinajstić information content (AvgIpc) is 2.87. The smallest absolute Gasteiger partial charge is 0.330 e. The van der Waals surface area contributed by atoms with Crippen molar-refractivity contribution in [3.05, 3.63) is 49.6 Å². The van der Waals surface area contributed by atoms with Crippen molar-refractivity contribution in [3.8, 4) is 11.5 Å². The molecule has 0 bridgehead atoms. The van der Waals surface area contributed by atoms with Gasteiger partial charge in [0.15, 0.2) is 10.2 Å². The van der Waals surface area contributed by atoms with Crippen LogP contribution < -0.4 is 9.47 Å². The Hall–Kier alpha value is -2.02. The van der Waals surface area contributed by atoms with Crippen LogP contribution in [0.25, 0.3) is 0 Å². The molecule has 0 aliphatic rings. The van der Waals surface area contributed by atoms with Crippen LogP contribution in [-0.2, 0) is 28.7 Å². The van der Waals surface area contributed by atoms with Gasteiger partial charge in [0.2, 0.25) is 0 Å². The van der Waals surface area contributed by atoms with Crippen LogP contribution in [-0.4, -0.2) is 83.1 Å². The molecule has 0 spiro atoms. The number of carbonyl (C=O) groups excluding carboxylic acids is 4. The number of benzene rings is 1. The van der Waals surface area contributed by atoms with E-state index >= 15 is 0 Å². The van der Waals surface area contributed by atoms with Gasteiger partial charge in [-0.1, -0.05) is 42.7 Å². The second-order valence-corrected chi connectivity index (χ2v) is 10.7. The highest BCUT2D eigenvalue weighted by atomic mass is 32.2. The number of esters is 2. The number of hydrogen-bond donors (Lipinski definition) is 0. The Morgan fingerprint density at radius 1 is 0.806 bits per heavy atom. The van der Waals surface area contributed by atoms with Gasteiger partial charge in [0, 0.05) is 29.7 Å². The van der Waals surface area contributed by atoms with Crippen LogP contribution >= 0.6 is 47.0 Å². The van der Waals surface area contributed by atoms with Gasteiger partial charge in [-0.3, -0.25) is 9.59 Å². The molecule has 0 aromatic heterocycles. The van der Waals surface area contributed by atoms with E-state index in [-0.39, 0.29) is 35.0 Å². The molecule has 0 amide bonds. The van der Waals surface area contributed by atoms with Crippen LogP contribution in [0.1, 0.15) is 0 Å². The molecule has 12 heteroatoms. The average molecular weight is 575 g/mol. The van der Waals surface area contributed by atoms with E-state index in [0.29, 0.717) is 23.0 Å². The molecular weight excluding hydrogens is 545 g/mol. The van der Waals surface area contributed by atoms with Crippen LogP contribution in [0.3, 0.4) is 0 Å². The Morgan fingerprint density at radius 3 is 1.58 bits per heavy atom. The first-order valence-corrected chi connectivity index (χ1v) is 15.4. The lowest BCUT2D eigenvalue weighted by Crippen LogP contribution is -2.28. The standard InChI is InChI=1S/C24H30O8S4/c1-5-21(25)31-19(13-35-23(27)15-33-3)11-29-17-8-7-9-18(10-17)30-12-20(32-22(26)6-2)14-36-24(28)16-34-4/h5-10,19-20H,1-2,11-16H2,3-4H3. The minimum Gasteiger partial charge on any atom is -0.490 e. The van der Waals surface area contributed by atoms with Gasteiger partial charge < -0.3 is 18.9 Å². The van der Waals surface area contributed by atoms with Gasteiger partial charge in [-0.25, -0.2) is 9.59 Å². The lowest BCUT2D eigenvalue weighted by molar-refractivity contribution is -0.144. The maximum atomic E-state index is 11.8. The minimum atomic E-state index is -0.658. The van der Waals surface area contributed by atoms with Crippen molar-refractivity contribution in [2.75, 3.05) is 48.7 Å². The number of rotatable bonds is 18. The zero-order valence-electron chi connectivity index (χ0n) is 20.2. The van der Waals surface area contributed by atoms with Gasteiger partial charge >= 0.3 is 11.9 Å². The summed E-state index contributed by atoms with van der Waals surface area (Å²) >= 11 is 4.99. The molecule has 0 heterocycles. The highest BCUT2D eigenvalue weighted by Gasteiger charge is 2.18. The Kier molecular flexibility index (Phi) is 17.0. The number of ether oxygens (including phenoxy) is 4. The highest BCUT2D eigenvalue weighted by Crippen LogP contribution is 2.21. The topological polar surface area (TPSA) is 105 Å². The van der Waals surface area contributed by atoms with Crippen molar-refractivity contribution in [2.45, 2.75) is 12.2 Å². The van der Waals surface area contributed by atoms with Crippen molar-refractivity contribution < 1.29 is 38.1 Å². The van der Waals surface area contributed by atoms with Crippen molar-refractivity contribution >= 4 is 69.2 Å². The fraction of sp³-hybridized carbons (Fsp3) is 0.417. The van der Waals surface area contributed by atoms with Crippen LogP contribution in [0.5, 0.6) is 11.5 Å². The molecule has 1 rings (SSSR count). The van der Waals surface area contributed by atoms with Crippen LogP contribution in [0.2, 0.25) is 0 Å². The predicted octanol–water partition coefficient (Wildman–Crippen LogP) is 3.89. The summed E-state index contributed by atoms with van der Waals surface area (Å²) < 4.78 is 22.1. The van der Waals surface area contributed by atoms with E-state index in [2.05, 4.69) is 13.2 Å². The van der Waals surface area contributed by atoms with Crippen LogP contribution in [0.15, 0.2) is 49.6 Å². The summed E-state index contributed by atoms with van der Waals surface area (Å²) in [6.07, 6.45) is 4.46. The summed E-state index contributed by atoms with van der Waals surface area (Å²) in [5.41, 5.74) is 0. The third-order valence-corrected chi connectivity index (χ3v) is 7.44. The van der Waals surface area contributed by atoms with Gasteiger partial charge in [0.1, 0.15) is 36.9 Å². The summed E-state index contributed by atoms with van der Waals surface area (Å²) in [7, 11) is 0. The second-order valence-electron chi connectivity index (χ2n) is 6.85. The Morgan fingerprint density at radius 2 is 1.22 bits per heavy atom. The summed E-state index contributed by atoms with van der Waals surface area (Å²) in [4.78, 5) is 46.9. The van der Waals surface area contributed by atoms with E-state index in [9.17, 15) is 19.2 Å². The van der Waals surface area contributed by atoms with E-state index in [4.69, 9.17) is 18.9 Å². The van der Waals surface area contributed by atoms with Gasteiger partial charge in [0.25, 0.3) is 0 Å². The molecule has 1 aromatic carbocycles. The zero-order valence-corrected chi connectivity index (χ0v) is 23.4. The largest absolute Gasteiger partial charge is 0.490 e. The van der Waals surface area contributed by atoms with E-state index < -0.39 is 24.1 Å². The summed E-state index contributed by atoms with van der Waals surface area (Å²) in [6.45, 7) is 6.83. The molecule has 0 radical (unpaired) electrons. The first-order valence-electron chi connectivity index (χ1n) is 10.6.